The Labute approximate surface area is 250 Å². The number of pyridine rings is 1. The maximum atomic E-state index is 14.4. The summed E-state index contributed by atoms with van der Waals surface area (Å²) in [5, 5.41) is 19.2. The Balaban J connectivity index is 1.30. The van der Waals surface area contributed by atoms with Gasteiger partial charge in [0.25, 0.3) is 0 Å². The van der Waals surface area contributed by atoms with Gasteiger partial charge < -0.3 is 21.5 Å². The van der Waals surface area contributed by atoms with Crippen LogP contribution in [0.1, 0.15) is 35.6 Å². The van der Waals surface area contributed by atoms with Gasteiger partial charge in [-0.1, -0.05) is 42.5 Å². The molecular formula is C31H27FN8O4. The van der Waals surface area contributed by atoms with Gasteiger partial charge in [-0.2, -0.15) is 5.10 Å². The molecule has 0 fully saturated rings. The van der Waals surface area contributed by atoms with E-state index in [2.05, 4.69) is 30.7 Å². The van der Waals surface area contributed by atoms with E-state index >= 15 is 0 Å². The average Bonchev–Trinajstić information content (AvgIpc) is 3.51. The molecule has 222 valence electrons. The average molecular weight is 595 g/mol. The first kappa shape index (κ1) is 28.4. The SMILES string of the molecule is CC1(c2ccc(CCC(=O)NCC(=O)O)cc2)C(=O)Nc2nc(-c3nn(Cc4ccccc4F)c4ncccc34)nc(N)c21. The highest BCUT2D eigenvalue weighted by Gasteiger charge is 2.47. The first-order chi connectivity index (χ1) is 21.1. The van der Waals surface area contributed by atoms with Gasteiger partial charge in [0.2, 0.25) is 11.8 Å². The number of halogens is 1. The molecule has 12 nitrogen and oxygen atoms in total. The van der Waals surface area contributed by atoms with Gasteiger partial charge in [-0.05, 0) is 42.7 Å². The summed E-state index contributed by atoms with van der Waals surface area (Å²) in [6, 6.07) is 17.2. The maximum absolute atomic E-state index is 14.4. The zero-order valence-electron chi connectivity index (χ0n) is 23.5. The van der Waals surface area contributed by atoms with Crippen molar-refractivity contribution in [3.63, 3.8) is 0 Å². The number of hydrogen-bond acceptors (Lipinski definition) is 8. The lowest BCUT2D eigenvalue weighted by molar-refractivity contribution is -0.137. The van der Waals surface area contributed by atoms with Crippen LogP contribution in [-0.4, -0.2) is 54.2 Å². The Morgan fingerprint density at radius 1 is 1.09 bits per heavy atom. The summed E-state index contributed by atoms with van der Waals surface area (Å²) in [5.41, 5.74) is 8.59. The third-order valence-corrected chi connectivity index (χ3v) is 7.73. The lowest BCUT2D eigenvalue weighted by atomic mass is 9.77. The highest BCUT2D eigenvalue weighted by Crippen LogP contribution is 2.45. The number of carboxylic acids is 1. The topological polar surface area (TPSA) is 178 Å². The molecule has 0 radical (unpaired) electrons. The molecule has 0 spiro atoms. The number of rotatable bonds is 9. The minimum absolute atomic E-state index is 0.103. The largest absolute Gasteiger partial charge is 0.480 e. The third-order valence-electron chi connectivity index (χ3n) is 7.73. The maximum Gasteiger partial charge on any atom is 0.322 e. The van der Waals surface area contributed by atoms with Crippen LogP contribution in [0.2, 0.25) is 0 Å². The van der Waals surface area contributed by atoms with Crippen LogP contribution in [0.5, 0.6) is 0 Å². The number of nitrogens with two attached hydrogens (primary N) is 1. The van der Waals surface area contributed by atoms with Crippen molar-refractivity contribution >= 4 is 40.5 Å². The molecule has 2 aromatic carbocycles. The molecule has 13 heteroatoms. The molecule has 1 aliphatic rings. The number of aryl methyl sites for hydroxylation is 1. The van der Waals surface area contributed by atoms with Crippen molar-refractivity contribution < 1.29 is 23.9 Å². The molecule has 4 heterocycles. The van der Waals surface area contributed by atoms with Gasteiger partial charge in [-0.3, -0.25) is 14.4 Å². The summed E-state index contributed by atoms with van der Waals surface area (Å²) in [7, 11) is 0. The Bertz CT molecular complexity index is 1940. The number of nitrogen functional groups attached to an aromatic ring is 1. The second kappa shape index (κ2) is 11.2. The van der Waals surface area contributed by atoms with E-state index in [0.717, 1.165) is 5.56 Å². The summed E-state index contributed by atoms with van der Waals surface area (Å²) in [5.74, 6) is -1.61. The minimum atomic E-state index is -1.19. The highest BCUT2D eigenvalue weighted by atomic mass is 19.1. The van der Waals surface area contributed by atoms with Crippen molar-refractivity contribution in [1.82, 2.24) is 30.0 Å². The van der Waals surface area contributed by atoms with Gasteiger partial charge in [0.05, 0.1) is 17.5 Å². The van der Waals surface area contributed by atoms with E-state index in [9.17, 15) is 18.8 Å². The number of aliphatic carboxylic acids is 1. The molecule has 3 aromatic heterocycles. The van der Waals surface area contributed by atoms with Gasteiger partial charge in [0.15, 0.2) is 11.5 Å². The van der Waals surface area contributed by atoms with E-state index in [1.165, 1.54) is 6.07 Å². The molecule has 1 unspecified atom stereocenters. The number of hydrogen-bond donors (Lipinski definition) is 4. The van der Waals surface area contributed by atoms with E-state index in [4.69, 9.17) is 10.8 Å². The minimum Gasteiger partial charge on any atom is -0.480 e. The summed E-state index contributed by atoms with van der Waals surface area (Å²) >= 11 is 0. The number of fused-ring (bicyclic) bond motifs is 2. The van der Waals surface area contributed by atoms with Crippen molar-refractivity contribution in [2.75, 3.05) is 17.6 Å². The number of aromatic nitrogens is 5. The fourth-order valence-corrected chi connectivity index (χ4v) is 5.39. The van der Waals surface area contributed by atoms with Crippen molar-refractivity contribution in [2.24, 2.45) is 0 Å². The van der Waals surface area contributed by atoms with Gasteiger partial charge in [0, 0.05) is 18.2 Å². The van der Waals surface area contributed by atoms with Gasteiger partial charge >= 0.3 is 5.97 Å². The number of carbonyl (C=O) groups is 3. The van der Waals surface area contributed by atoms with Gasteiger partial charge in [-0.15, -0.1) is 0 Å². The number of benzene rings is 2. The molecule has 2 amide bonds. The Morgan fingerprint density at radius 2 is 1.86 bits per heavy atom. The van der Waals surface area contributed by atoms with Crippen LogP contribution in [0.15, 0.2) is 66.9 Å². The molecule has 6 rings (SSSR count). The van der Waals surface area contributed by atoms with Crippen molar-refractivity contribution in [1.29, 1.82) is 0 Å². The first-order valence-electron chi connectivity index (χ1n) is 13.8. The van der Waals surface area contributed by atoms with E-state index in [0.29, 0.717) is 39.8 Å². The second-order valence-electron chi connectivity index (χ2n) is 10.6. The van der Waals surface area contributed by atoms with Gasteiger partial charge in [-0.25, -0.2) is 24.0 Å². The van der Waals surface area contributed by atoms with Crippen molar-refractivity contribution in [2.45, 2.75) is 31.7 Å². The van der Waals surface area contributed by atoms with Gasteiger partial charge in [0.1, 0.15) is 35.1 Å². The number of nitrogens with one attached hydrogen (secondary N) is 2. The molecule has 0 saturated heterocycles. The molecule has 0 aliphatic carbocycles. The predicted molar refractivity (Wildman–Crippen MR) is 159 cm³/mol. The highest BCUT2D eigenvalue weighted by molar-refractivity contribution is 6.09. The second-order valence-corrected chi connectivity index (χ2v) is 10.6. The van der Waals surface area contributed by atoms with Crippen molar-refractivity contribution in [3.8, 4) is 11.5 Å². The zero-order valence-corrected chi connectivity index (χ0v) is 23.5. The molecule has 5 N–H and O–H groups in total. The smallest absolute Gasteiger partial charge is 0.322 e. The summed E-state index contributed by atoms with van der Waals surface area (Å²) < 4.78 is 16.0. The normalized spacial score (nSPS) is 15.6. The predicted octanol–water partition coefficient (Wildman–Crippen LogP) is 3.05. The fourth-order valence-electron chi connectivity index (χ4n) is 5.39. The van der Waals surface area contributed by atoms with Crippen LogP contribution in [0, 0.1) is 5.82 Å². The fraction of sp³-hybridized carbons (Fsp3) is 0.194. The van der Waals surface area contributed by atoms with Crippen LogP contribution in [0.3, 0.4) is 0 Å². The summed E-state index contributed by atoms with van der Waals surface area (Å²) in [6.07, 6.45) is 2.14. The summed E-state index contributed by atoms with van der Waals surface area (Å²) in [6.45, 7) is 1.45. The summed E-state index contributed by atoms with van der Waals surface area (Å²) in [4.78, 5) is 49.6. The molecule has 0 saturated carbocycles. The molecule has 44 heavy (non-hydrogen) atoms. The van der Waals surface area contributed by atoms with Crippen LogP contribution in [0.4, 0.5) is 16.0 Å². The van der Waals surface area contributed by atoms with Crippen molar-refractivity contribution in [3.05, 3.63) is 94.9 Å². The standard InChI is InChI=1S/C31H27FN8O4/c1-31(19-11-8-17(9-12-19)10-13-22(41)35-15-23(42)43)24-26(33)36-28(37-27(24)38-30(31)44)25-20-6-4-14-34-29(20)40(39-25)16-18-5-2-3-7-21(18)32/h2-9,11-12,14H,10,13,15-16H2,1H3,(H,35,41)(H,42,43)(H3,33,36,37,38,44). The van der Waals surface area contributed by atoms with E-state index < -0.39 is 17.9 Å². The lowest BCUT2D eigenvalue weighted by Crippen LogP contribution is -2.33. The number of anilines is 2. The molecule has 5 aromatic rings. The zero-order chi connectivity index (χ0) is 31.0. The van der Waals surface area contributed by atoms with Crippen LogP contribution >= 0.6 is 0 Å². The number of amides is 2. The number of carbonyl (C=O) groups excluding carboxylic acids is 2. The van der Waals surface area contributed by atoms with Crippen LogP contribution < -0.4 is 16.4 Å². The molecule has 0 bridgehead atoms. The molecule has 1 aliphatic heterocycles. The lowest BCUT2D eigenvalue weighted by Gasteiger charge is -2.23. The Hall–Kier alpha value is -5.72. The monoisotopic (exact) mass is 594 g/mol. The Morgan fingerprint density at radius 3 is 2.61 bits per heavy atom. The molecular weight excluding hydrogens is 567 g/mol. The first-order valence-corrected chi connectivity index (χ1v) is 13.8. The quantitative estimate of drug-likeness (QED) is 0.200. The van der Waals surface area contributed by atoms with Crippen LogP contribution in [-0.2, 0) is 32.8 Å². The molecule has 1 atom stereocenters. The number of carboxylic acid groups (broad SMARTS) is 1. The van der Waals surface area contributed by atoms with Crippen LogP contribution in [0.25, 0.3) is 22.6 Å². The van der Waals surface area contributed by atoms with E-state index in [-0.39, 0.29) is 48.1 Å². The van der Waals surface area contributed by atoms with E-state index in [1.54, 1.807) is 54.2 Å². The number of nitrogens with zero attached hydrogens (tertiary/aromatic N) is 5. The Kier molecular flexibility index (Phi) is 7.21. The third kappa shape index (κ3) is 5.08. The van der Waals surface area contributed by atoms with E-state index in [1.807, 2.05) is 18.2 Å².